The van der Waals surface area contributed by atoms with Gasteiger partial charge in [0.15, 0.2) is 6.61 Å². The fourth-order valence-corrected chi connectivity index (χ4v) is 3.73. The Labute approximate surface area is 152 Å². The molecule has 0 saturated carbocycles. The molecule has 4 N–H and O–H groups in total. The zero-order chi connectivity index (χ0) is 18.9. The second kappa shape index (κ2) is 7.08. The molecule has 0 aromatic heterocycles. The van der Waals surface area contributed by atoms with Crippen molar-refractivity contribution in [1.82, 2.24) is 5.32 Å². The Bertz CT molecular complexity index is 802. The van der Waals surface area contributed by atoms with Gasteiger partial charge in [0.1, 0.15) is 17.1 Å². The van der Waals surface area contributed by atoms with Gasteiger partial charge in [0, 0.05) is 17.5 Å². The van der Waals surface area contributed by atoms with Crippen LogP contribution in [0.25, 0.3) is 0 Å². The van der Waals surface area contributed by atoms with Gasteiger partial charge in [-0.25, -0.2) is 0 Å². The van der Waals surface area contributed by atoms with E-state index in [-0.39, 0.29) is 11.6 Å². The first-order chi connectivity index (χ1) is 12.3. The van der Waals surface area contributed by atoms with Crippen molar-refractivity contribution in [3.63, 3.8) is 0 Å². The molecule has 1 unspecified atom stereocenters. The zero-order valence-corrected chi connectivity index (χ0v) is 14.6. The van der Waals surface area contributed by atoms with Crippen LogP contribution in [0.2, 0.25) is 0 Å². The lowest BCUT2D eigenvalue weighted by Crippen LogP contribution is -2.37. The van der Waals surface area contributed by atoms with E-state index < -0.39 is 18.3 Å². The fourth-order valence-electron chi connectivity index (χ4n) is 2.62. The van der Waals surface area contributed by atoms with E-state index in [9.17, 15) is 13.2 Å². The number of nitrogens with one attached hydrogen (secondary N) is 2. The second-order valence-electron chi connectivity index (χ2n) is 5.64. The van der Waals surface area contributed by atoms with Gasteiger partial charge in [0.25, 0.3) is 0 Å². The Hall–Kier alpha value is -2.39. The summed E-state index contributed by atoms with van der Waals surface area (Å²) < 4.78 is 42.2. The van der Waals surface area contributed by atoms with Gasteiger partial charge in [-0.1, -0.05) is 30.0 Å². The Morgan fingerprint density at radius 3 is 2.65 bits per heavy atom. The second-order valence-corrected chi connectivity index (χ2v) is 6.76. The number of thioether (sulfide) groups is 1. The number of anilines is 1. The molecule has 1 aromatic carbocycles. The number of amidine groups is 1. The highest BCUT2D eigenvalue weighted by Crippen LogP contribution is 2.39. The minimum Gasteiger partial charge on any atom is -0.484 e. The number of nitrogens with two attached hydrogens (primary N) is 1. The Kier molecular flexibility index (Phi) is 5.01. The first-order valence-electron chi connectivity index (χ1n) is 7.71. The first kappa shape index (κ1) is 18.4. The standard InChI is InChI=1S/C17H17F3N4OS/c1-10-12(25-9-17(18,19)20)7-8-23-13(10)14-15(21)24(16(22)26-14)11-5-3-2-4-6-11/h2-8,16,21,23H,9,22H2,1H3. The van der Waals surface area contributed by atoms with E-state index in [2.05, 4.69) is 5.32 Å². The van der Waals surface area contributed by atoms with E-state index in [1.54, 1.807) is 11.8 Å². The number of alkyl halides is 3. The van der Waals surface area contributed by atoms with Crippen molar-refractivity contribution in [2.24, 2.45) is 5.73 Å². The number of hydrogen-bond donors (Lipinski definition) is 3. The smallest absolute Gasteiger partial charge is 0.422 e. The summed E-state index contributed by atoms with van der Waals surface area (Å²) in [6, 6.07) is 9.25. The third kappa shape index (κ3) is 3.73. The van der Waals surface area contributed by atoms with E-state index in [0.29, 0.717) is 16.2 Å². The summed E-state index contributed by atoms with van der Waals surface area (Å²) in [6.07, 6.45) is -1.49. The molecule has 0 amide bonds. The molecule has 0 aliphatic carbocycles. The molecule has 1 fully saturated rings. The molecule has 2 aliphatic rings. The molecular formula is C17H17F3N4OS. The quantitative estimate of drug-likeness (QED) is 0.744. The van der Waals surface area contributed by atoms with Crippen LogP contribution in [-0.2, 0) is 4.74 Å². The van der Waals surface area contributed by atoms with Crippen LogP contribution in [0.15, 0.2) is 64.5 Å². The Morgan fingerprint density at radius 1 is 1.31 bits per heavy atom. The summed E-state index contributed by atoms with van der Waals surface area (Å²) in [7, 11) is 0. The van der Waals surface area contributed by atoms with Crippen molar-refractivity contribution < 1.29 is 17.9 Å². The number of dihydropyridines is 1. The minimum atomic E-state index is -4.42. The largest absolute Gasteiger partial charge is 0.484 e. The summed E-state index contributed by atoms with van der Waals surface area (Å²) in [5, 5.41) is 11.5. The number of ether oxygens (including phenoxy) is 1. The van der Waals surface area contributed by atoms with Crippen LogP contribution in [0.4, 0.5) is 18.9 Å². The third-order valence-electron chi connectivity index (χ3n) is 3.81. The van der Waals surface area contributed by atoms with Crippen molar-refractivity contribution in [2.75, 3.05) is 11.5 Å². The number of benzene rings is 1. The average Bonchev–Trinajstić information content (AvgIpc) is 2.88. The van der Waals surface area contributed by atoms with Gasteiger partial charge in [0.05, 0.1) is 10.6 Å². The highest BCUT2D eigenvalue weighted by atomic mass is 32.2. The van der Waals surface area contributed by atoms with Crippen molar-refractivity contribution in [2.45, 2.75) is 18.6 Å². The minimum absolute atomic E-state index is 0.115. The molecule has 9 heteroatoms. The van der Waals surface area contributed by atoms with Gasteiger partial charge >= 0.3 is 6.18 Å². The summed E-state index contributed by atoms with van der Waals surface area (Å²) in [6.45, 7) is 0.280. The summed E-state index contributed by atoms with van der Waals surface area (Å²) >= 11 is 1.26. The lowest BCUT2D eigenvalue weighted by molar-refractivity contribution is -0.164. The first-order valence-corrected chi connectivity index (χ1v) is 8.59. The topological polar surface area (TPSA) is 74.4 Å². The highest BCUT2D eigenvalue weighted by Gasteiger charge is 2.35. The normalized spacial score (nSPS) is 23.5. The Balaban J connectivity index is 1.91. The summed E-state index contributed by atoms with van der Waals surface area (Å²) in [5.41, 5.74) is 7.45. The number of nitrogens with zero attached hydrogens (tertiary/aromatic N) is 1. The summed E-state index contributed by atoms with van der Waals surface area (Å²) in [4.78, 5) is 2.22. The maximum absolute atomic E-state index is 12.4. The van der Waals surface area contributed by atoms with Crippen LogP contribution < -0.4 is 16.0 Å². The van der Waals surface area contributed by atoms with E-state index in [1.807, 2.05) is 30.3 Å². The van der Waals surface area contributed by atoms with Crippen LogP contribution >= 0.6 is 11.8 Å². The van der Waals surface area contributed by atoms with Crippen LogP contribution in [0.1, 0.15) is 6.92 Å². The van der Waals surface area contributed by atoms with Crippen molar-refractivity contribution in [1.29, 1.82) is 5.41 Å². The molecule has 2 heterocycles. The fraction of sp³-hybridized carbons (Fsp3) is 0.235. The van der Waals surface area contributed by atoms with Crippen molar-refractivity contribution in [3.05, 3.63) is 64.5 Å². The van der Waals surface area contributed by atoms with Gasteiger partial charge in [-0.05, 0) is 25.1 Å². The van der Waals surface area contributed by atoms with Crippen LogP contribution in [0.5, 0.6) is 0 Å². The Morgan fingerprint density at radius 2 is 2.00 bits per heavy atom. The molecule has 26 heavy (non-hydrogen) atoms. The molecule has 0 bridgehead atoms. The van der Waals surface area contributed by atoms with Gasteiger partial charge in [-0.3, -0.25) is 5.41 Å². The maximum Gasteiger partial charge on any atom is 0.422 e. The lowest BCUT2D eigenvalue weighted by atomic mass is 10.1. The van der Waals surface area contributed by atoms with Crippen LogP contribution in [0, 0.1) is 5.41 Å². The van der Waals surface area contributed by atoms with E-state index in [4.69, 9.17) is 15.9 Å². The van der Waals surface area contributed by atoms with Crippen molar-refractivity contribution in [3.8, 4) is 0 Å². The number of halogens is 3. The SMILES string of the molecule is CC1=C(OCC(F)(F)F)C=CNC1=C1SC(N)N(c2ccccc2)C1=N. The number of allylic oxidation sites excluding steroid dienone is 2. The summed E-state index contributed by atoms with van der Waals surface area (Å²) in [5.74, 6) is 0.296. The van der Waals surface area contributed by atoms with Gasteiger partial charge in [-0.15, -0.1) is 0 Å². The molecule has 1 atom stereocenters. The lowest BCUT2D eigenvalue weighted by Gasteiger charge is -2.22. The maximum atomic E-state index is 12.4. The third-order valence-corrected chi connectivity index (χ3v) is 4.89. The number of para-hydroxylation sites is 1. The molecule has 0 spiro atoms. The zero-order valence-electron chi connectivity index (χ0n) is 13.8. The molecular weight excluding hydrogens is 365 g/mol. The molecule has 1 aromatic rings. The van der Waals surface area contributed by atoms with E-state index >= 15 is 0 Å². The molecule has 1 saturated heterocycles. The van der Waals surface area contributed by atoms with E-state index in [1.165, 1.54) is 24.0 Å². The monoisotopic (exact) mass is 382 g/mol. The van der Waals surface area contributed by atoms with Gasteiger partial charge in [-0.2, -0.15) is 13.2 Å². The molecule has 0 radical (unpaired) electrons. The van der Waals surface area contributed by atoms with E-state index in [0.717, 1.165) is 5.69 Å². The van der Waals surface area contributed by atoms with Crippen molar-refractivity contribution >= 4 is 23.3 Å². The molecule has 5 nitrogen and oxygen atoms in total. The van der Waals surface area contributed by atoms with Gasteiger partial charge < -0.3 is 20.7 Å². The molecule has 138 valence electrons. The van der Waals surface area contributed by atoms with Crippen LogP contribution in [0.3, 0.4) is 0 Å². The average molecular weight is 382 g/mol. The number of hydrogen-bond acceptors (Lipinski definition) is 5. The number of rotatable bonds is 3. The van der Waals surface area contributed by atoms with Crippen LogP contribution in [-0.4, -0.2) is 24.1 Å². The predicted molar refractivity (Wildman–Crippen MR) is 96.2 cm³/mol. The molecule has 2 aliphatic heterocycles. The highest BCUT2D eigenvalue weighted by molar-refractivity contribution is 8.05. The predicted octanol–water partition coefficient (Wildman–Crippen LogP) is 3.64. The van der Waals surface area contributed by atoms with Gasteiger partial charge in [0.2, 0.25) is 0 Å². The molecule has 3 rings (SSSR count).